The van der Waals surface area contributed by atoms with E-state index in [1.165, 1.54) is 40.3 Å². The number of halogens is 3. The Morgan fingerprint density at radius 3 is 1.79 bits per heavy atom. The van der Waals surface area contributed by atoms with E-state index in [1.54, 1.807) is 44.2 Å². The minimum atomic E-state index is -0.380. The van der Waals surface area contributed by atoms with Crippen molar-refractivity contribution in [2.45, 2.75) is 65.3 Å². The maximum absolute atomic E-state index is 13.3. The lowest BCUT2D eigenvalue weighted by molar-refractivity contribution is 0.0911. The highest BCUT2D eigenvalue weighted by molar-refractivity contribution is 6.34. The van der Waals surface area contributed by atoms with Crippen LogP contribution in [-0.4, -0.2) is 47.9 Å². The number of nitrogens with one attached hydrogen (secondary N) is 4. The summed E-state index contributed by atoms with van der Waals surface area (Å²) in [4.78, 5) is 55.0. The van der Waals surface area contributed by atoms with Gasteiger partial charge in [0.05, 0.1) is 38.6 Å². The van der Waals surface area contributed by atoms with E-state index in [-0.39, 0.29) is 34.8 Å². The molecule has 0 bridgehead atoms. The standard InChI is InChI=1S/C24H27ClN4O2.C18H16Cl2N4O2/c1-15-8-10-18(11-9-15)22(17-6-4-3-5-7-17)27-23(30)20-14-19(12-13-21(20)25)29-24(31)26-16(2)28-29;1-11-22-18(26)24(23-11)13-6-7-16(20)14(10-13)17(25)21-9-8-12-4-2-3-5-15(12)19/h8-14,17,22H,3-7H2,1-2H3,(H,27,30)(H,26,28,31);2-7,10H,8-9H2,1H3,(H,21,25)(H,22,23,26). The van der Waals surface area contributed by atoms with E-state index in [2.05, 4.69) is 62.0 Å². The minimum Gasteiger partial charge on any atom is -0.352 e. The third kappa shape index (κ3) is 10.3. The molecule has 57 heavy (non-hydrogen) atoms. The first-order valence-electron chi connectivity index (χ1n) is 18.7. The number of hydrogen-bond acceptors (Lipinski definition) is 6. The molecule has 4 aromatic carbocycles. The number of carbonyl (C=O) groups excluding carboxylic acids is 2. The van der Waals surface area contributed by atoms with Crippen LogP contribution in [0.1, 0.15) is 87.2 Å². The van der Waals surface area contributed by atoms with Crippen LogP contribution in [0.3, 0.4) is 0 Å². The lowest BCUT2D eigenvalue weighted by Crippen LogP contribution is -2.34. The summed E-state index contributed by atoms with van der Waals surface area (Å²) in [6.45, 7) is 5.85. The summed E-state index contributed by atoms with van der Waals surface area (Å²) < 4.78 is 2.42. The maximum atomic E-state index is 13.3. The van der Waals surface area contributed by atoms with Gasteiger partial charge in [-0.2, -0.15) is 19.6 Å². The lowest BCUT2D eigenvalue weighted by Gasteiger charge is -2.31. The van der Waals surface area contributed by atoms with Crippen LogP contribution in [0.15, 0.2) is 94.5 Å². The number of aryl methyl sites for hydroxylation is 3. The van der Waals surface area contributed by atoms with Gasteiger partial charge in [-0.1, -0.05) is 102 Å². The first-order valence-corrected chi connectivity index (χ1v) is 19.8. The van der Waals surface area contributed by atoms with Crippen LogP contribution in [0.2, 0.25) is 15.1 Å². The monoisotopic (exact) mass is 828 g/mol. The lowest BCUT2D eigenvalue weighted by atomic mass is 9.81. The van der Waals surface area contributed by atoms with Crippen LogP contribution in [0, 0.1) is 26.7 Å². The van der Waals surface area contributed by atoms with Crippen molar-refractivity contribution in [1.29, 1.82) is 0 Å². The van der Waals surface area contributed by atoms with Gasteiger partial charge >= 0.3 is 11.4 Å². The minimum absolute atomic E-state index is 0.0801. The fraction of sp³-hybridized carbons (Fsp3) is 0.286. The maximum Gasteiger partial charge on any atom is 0.348 e. The van der Waals surface area contributed by atoms with Crippen LogP contribution in [0.5, 0.6) is 0 Å². The zero-order valence-corrected chi connectivity index (χ0v) is 34.0. The number of carbonyl (C=O) groups is 2. The van der Waals surface area contributed by atoms with Crippen LogP contribution < -0.4 is 22.0 Å². The number of aromatic nitrogens is 6. The largest absolute Gasteiger partial charge is 0.352 e. The summed E-state index contributed by atoms with van der Waals surface area (Å²) in [6, 6.07) is 25.4. The number of benzene rings is 4. The number of aromatic amines is 2. The van der Waals surface area contributed by atoms with Gasteiger partial charge < -0.3 is 10.6 Å². The third-order valence-electron chi connectivity index (χ3n) is 9.82. The van der Waals surface area contributed by atoms with Crippen LogP contribution in [0.25, 0.3) is 11.4 Å². The Hall–Kier alpha value is -5.43. The van der Waals surface area contributed by atoms with Gasteiger partial charge in [-0.25, -0.2) is 9.59 Å². The average molecular weight is 830 g/mol. The number of amides is 2. The summed E-state index contributed by atoms with van der Waals surface area (Å²) >= 11 is 18.6. The molecule has 2 amide bonds. The topological polar surface area (TPSA) is 160 Å². The molecule has 7 rings (SSSR count). The number of rotatable bonds is 10. The fourth-order valence-corrected chi connectivity index (χ4v) is 7.52. The van der Waals surface area contributed by atoms with E-state index in [1.807, 2.05) is 24.3 Å². The highest BCUT2D eigenvalue weighted by Crippen LogP contribution is 2.35. The second kappa shape index (κ2) is 18.7. The van der Waals surface area contributed by atoms with Crippen molar-refractivity contribution < 1.29 is 9.59 Å². The molecule has 0 spiro atoms. The molecule has 1 unspecified atom stereocenters. The second-order valence-electron chi connectivity index (χ2n) is 14.0. The van der Waals surface area contributed by atoms with Crippen molar-refractivity contribution >= 4 is 46.6 Å². The average Bonchev–Trinajstić information content (AvgIpc) is 3.73. The van der Waals surface area contributed by atoms with Crippen molar-refractivity contribution in [3.63, 3.8) is 0 Å². The number of hydrogen-bond donors (Lipinski definition) is 4. The molecule has 6 aromatic rings. The third-order valence-corrected chi connectivity index (χ3v) is 10.8. The van der Waals surface area contributed by atoms with Crippen LogP contribution in [0.4, 0.5) is 0 Å². The molecule has 1 aliphatic carbocycles. The molecule has 12 nitrogen and oxygen atoms in total. The predicted molar refractivity (Wildman–Crippen MR) is 223 cm³/mol. The summed E-state index contributed by atoms with van der Waals surface area (Å²) in [6.07, 6.45) is 6.39. The summed E-state index contributed by atoms with van der Waals surface area (Å²) in [7, 11) is 0. The molecule has 0 aliphatic heterocycles. The van der Waals surface area contributed by atoms with Crippen molar-refractivity contribution in [2.75, 3.05) is 6.54 Å². The van der Waals surface area contributed by atoms with Gasteiger partial charge in [0.1, 0.15) is 11.6 Å². The van der Waals surface area contributed by atoms with E-state index in [0.29, 0.717) is 62.5 Å². The molecular formula is C42H43Cl3N8O4. The molecule has 15 heteroatoms. The smallest absolute Gasteiger partial charge is 0.348 e. The SMILES string of the molecule is Cc1ccc(C(NC(=O)c2cc(-n3nc(C)[nH]c3=O)ccc2Cl)C2CCCCC2)cc1.Cc1nn(-c2ccc(Cl)c(C(=O)NCCc3ccccc3Cl)c2)c(=O)[nH]1. The summed E-state index contributed by atoms with van der Waals surface area (Å²) in [5, 5.41) is 15.6. The zero-order chi connectivity index (χ0) is 40.6. The number of H-pyrrole nitrogens is 2. The molecule has 2 heterocycles. The Kier molecular flexibility index (Phi) is 13.5. The van der Waals surface area contributed by atoms with E-state index < -0.39 is 0 Å². The summed E-state index contributed by atoms with van der Waals surface area (Å²) in [5.74, 6) is 0.796. The van der Waals surface area contributed by atoms with Crippen LogP contribution in [-0.2, 0) is 6.42 Å². The molecule has 4 N–H and O–H groups in total. The van der Waals surface area contributed by atoms with Crippen molar-refractivity contribution in [1.82, 2.24) is 40.2 Å². The van der Waals surface area contributed by atoms with E-state index in [0.717, 1.165) is 24.0 Å². The number of nitrogens with zero attached hydrogens (tertiary/aromatic N) is 4. The van der Waals surface area contributed by atoms with Crippen molar-refractivity contribution in [3.05, 3.63) is 160 Å². The van der Waals surface area contributed by atoms with E-state index >= 15 is 0 Å². The first-order chi connectivity index (χ1) is 27.4. The Balaban J connectivity index is 0.000000196. The molecule has 0 saturated heterocycles. The van der Waals surface area contributed by atoms with E-state index in [4.69, 9.17) is 34.8 Å². The second-order valence-corrected chi connectivity index (χ2v) is 15.3. The molecular weight excluding hydrogens is 787 g/mol. The molecule has 1 fully saturated rings. The quantitative estimate of drug-likeness (QED) is 0.109. The van der Waals surface area contributed by atoms with E-state index in [9.17, 15) is 19.2 Å². The Bertz CT molecular complexity index is 2480. The highest BCUT2D eigenvalue weighted by Gasteiger charge is 2.28. The molecule has 296 valence electrons. The molecule has 0 radical (unpaired) electrons. The fourth-order valence-electron chi connectivity index (χ4n) is 6.88. The van der Waals surface area contributed by atoms with Gasteiger partial charge in [0.15, 0.2) is 0 Å². The molecule has 1 atom stereocenters. The normalized spacial score (nSPS) is 13.4. The molecule has 2 aromatic heterocycles. The Morgan fingerprint density at radius 2 is 1.26 bits per heavy atom. The molecule has 1 aliphatic rings. The predicted octanol–water partition coefficient (Wildman–Crippen LogP) is 8.03. The molecule has 1 saturated carbocycles. The summed E-state index contributed by atoms with van der Waals surface area (Å²) in [5.41, 5.74) is 4.07. The van der Waals surface area contributed by atoms with Gasteiger partial charge in [-0.15, -0.1) is 0 Å². The first kappa shape index (κ1) is 41.2. The van der Waals surface area contributed by atoms with Gasteiger partial charge in [-0.3, -0.25) is 19.6 Å². The van der Waals surface area contributed by atoms with Crippen molar-refractivity contribution in [2.24, 2.45) is 5.92 Å². The van der Waals surface area contributed by atoms with Gasteiger partial charge in [0.25, 0.3) is 11.8 Å². The van der Waals surface area contributed by atoms with Crippen molar-refractivity contribution in [3.8, 4) is 11.4 Å². The van der Waals surface area contributed by atoms with Gasteiger partial charge in [0.2, 0.25) is 0 Å². The Morgan fingerprint density at radius 1 is 0.719 bits per heavy atom. The van der Waals surface area contributed by atoms with Gasteiger partial charge in [-0.05, 0) is 99.5 Å². The zero-order valence-electron chi connectivity index (χ0n) is 31.7. The van der Waals surface area contributed by atoms with Gasteiger partial charge in [0, 0.05) is 11.6 Å². The van der Waals surface area contributed by atoms with Crippen LogP contribution >= 0.6 is 34.8 Å². The Labute approximate surface area is 344 Å². The highest BCUT2D eigenvalue weighted by atomic mass is 35.5.